The number of rotatable bonds is 2. The summed E-state index contributed by atoms with van der Waals surface area (Å²) in [5.41, 5.74) is 6.30. The van der Waals surface area contributed by atoms with Gasteiger partial charge in [0.25, 0.3) is 0 Å². The maximum absolute atomic E-state index is 8.70. The lowest BCUT2D eigenvalue weighted by Gasteiger charge is -2.36. The lowest BCUT2D eigenvalue weighted by Crippen LogP contribution is -2.39. The molecule has 98 valence electrons. The van der Waals surface area contributed by atoms with Crippen LogP contribution in [0.4, 0.5) is 5.82 Å². The zero-order chi connectivity index (χ0) is 13.1. The van der Waals surface area contributed by atoms with Gasteiger partial charge in [0, 0.05) is 24.8 Å². The van der Waals surface area contributed by atoms with Gasteiger partial charge >= 0.3 is 0 Å². The molecular weight excluding hydrogens is 228 g/mol. The fourth-order valence-electron chi connectivity index (χ4n) is 2.28. The van der Waals surface area contributed by atoms with Crippen LogP contribution in [0.2, 0.25) is 0 Å². The smallest absolute Gasteiger partial charge is 0.170 e. The number of nitrogens with zero attached hydrogens (tertiary/aromatic N) is 3. The van der Waals surface area contributed by atoms with E-state index in [1.807, 2.05) is 6.07 Å². The van der Waals surface area contributed by atoms with Crippen LogP contribution in [0.25, 0.3) is 0 Å². The first-order valence-electron chi connectivity index (χ1n) is 6.30. The molecule has 0 radical (unpaired) electrons. The van der Waals surface area contributed by atoms with Crippen molar-refractivity contribution < 1.29 is 5.21 Å². The third kappa shape index (κ3) is 2.55. The minimum absolute atomic E-state index is 0.122. The number of piperidine rings is 1. The van der Waals surface area contributed by atoms with Gasteiger partial charge in [0.15, 0.2) is 5.84 Å². The number of aromatic nitrogens is 1. The molecule has 5 heteroatoms. The average Bonchev–Trinajstić information content (AvgIpc) is 2.41. The molecule has 1 saturated heterocycles. The summed E-state index contributed by atoms with van der Waals surface area (Å²) in [6.07, 6.45) is 2.88. The molecule has 0 aliphatic carbocycles. The van der Waals surface area contributed by atoms with E-state index in [9.17, 15) is 0 Å². The molecule has 1 fully saturated rings. The van der Waals surface area contributed by atoms with Crippen LogP contribution in [0.5, 0.6) is 0 Å². The van der Waals surface area contributed by atoms with Gasteiger partial charge in [-0.15, -0.1) is 0 Å². The normalized spacial score (nSPS) is 25.2. The number of hydrogen-bond donors (Lipinski definition) is 2. The molecule has 1 aliphatic rings. The molecule has 18 heavy (non-hydrogen) atoms. The van der Waals surface area contributed by atoms with Crippen molar-refractivity contribution in [2.24, 2.45) is 22.7 Å². The third-order valence-electron chi connectivity index (χ3n) is 3.81. The molecule has 2 atom stereocenters. The number of pyridine rings is 1. The summed E-state index contributed by atoms with van der Waals surface area (Å²) in [6.45, 7) is 6.58. The van der Waals surface area contributed by atoms with Gasteiger partial charge in [0.2, 0.25) is 0 Å². The first-order chi connectivity index (χ1) is 8.61. The quantitative estimate of drug-likeness (QED) is 0.361. The Kier molecular flexibility index (Phi) is 3.69. The van der Waals surface area contributed by atoms with Gasteiger partial charge in [0.1, 0.15) is 5.82 Å². The summed E-state index contributed by atoms with van der Waals surface area (Å²) in [6, 6.07) is 3.62. The number of amidine groups is 1. The van der Waals surface area contributed by atoms with Crippen LogP contribution in [-0.4, -0.2) is 29.1 Å². The first kappa shape index (κ1) is 12.7. The highest BCUT2D eigenvalue weighted by Crippen LogP contribution is 2.26. The van der Waals surface area contributed by atoms with Crippen molar-refractivity contribution in [3.63, 3.8) is 0 Å². The van der Waals surface area contributed by atoms with Crippen LogP contribution in [0, 0.1) is 11.8 Å². The summed E-state index contributed by atoms with van der Waals surface area (Å²) >= 11 is 0. The topological polar surface area (TPSA) is 74.7 Å². The van der Waals surface area contributed by atoms with Gasteiger partial charge in [-0.2, -0.15) is 0 Å². The Balaban J connectivity index is 2.19. The van der Waals surface area contributed by atoms with Crippen LogP contribution in [0.3, 0.4) is 0 Å². The maximum Gasteiger partial charge on any atom is 0.170 e. The molecule has 2 rings (SSSR count). The van der Waals surface area contributed by atoms with Crippen molar-refractivity contribution in [2.75, 3.05) is 18.0 Å². The van der Waals surface area contributed by atoms with Crippen LogP contribution < -0.4 is 10.6 Å². The van der Waals surface area contributed by atoms with Gasteiger partial charge < -0.3 is 15.8 Å². The van der Waals surface area contributed by atoms with Gasteiger partial charge in [-0.3, -0.25) is 0 Å². The van der Waals surface area contributed by atoms with Crippen LogP contribution in [-0.2, 0) is 0 Å². The van der Waals surface area contributed by atoms with Gasteiger partial charge in [-0.25, -0.2) is 4.98 Å². The van der Waals surface area contributed by atoms with E-state index in [-0.39, 0.29) is 5.84 Å². The van der Waals surface area contributed by atoms with Crippen molar-refractivity contribution >= 4 is 11.7 Å². The number of oxime groups is 1. The van der Waals surface area contributed by atoms with E-state index in [0.29, 0.717) is 11.5 Å². The van der Waals surface area contributed by atoms with Crippen LogP contribution in [0.15, 0.2) is 23.5 Å². The second-order valence-corrected chi connectivity index (χ2v) is 5.08. The summed E-state index contributed by atoms with van der Waals surface area (Å²) in [5.74, 6) is 2.44. The molecule has 1 aromatic heterocycles. The van der Waals surface area contributed by atoms with E-state index >= 15 is 0 Å². The number of nitrogens with two attached hydrogens (primary N) is 1. The van der Waals surface area contributed by atoms with E-state index in [1.165, 1.54) is 6.42 Å². The van der Waals surface area contributed by atoms with Crippen molar-refractivity contribution in [3.05, 3.63) is 23.9 Å². The van der Waals surface area contributed by atoms with Gasteiger partial charge in [-0.05, 0) is 30.4 Å². The summed E-state index contributed by atoms with van der Waals surface area (Å²) in [5, 5.41) is 11.7. The van der Waals surface area contributed by atoms with E-state index in [0.717, 1.165) is 24.8 Å². The van der Waals surface area contributed by atoms with Crippen LogP contribution in [0.1, 0.15) is 25.8 Å². The minimum atomic E-state index is 0.122. The van der Waals surface area contributed by atoms with E-state index < -0.39 is 0 Å². The molecule has 0 aromatic carbocycles. The van der Waals surface area contributed by atoms with Crippen molar-refractivity contribution in [3.8, 4) is 0 Å². The Morgan fingerprint density at radius 3 is 2.94 bits per heavy atom. The zero-order valence-electron chi connectivity index (χ0n) is 10.9. The molecule has 5 nitrogen and oxygen atoms in total. The predicted molar refractivity (Wildman–Crippen MR) is 71.9 cm³/mol. The molecule has 3 N–H and O–H groups in total. The molecule has 2 heterocycles. The second-order valence-electron chi connectivity index (χ2n) is 5.08. The Bertz CT molecular complexity index is 446. The zero-order valence-corrected chi connectivity index (χ0v) is 10.9. The molecule has 0 saturated carbocycles. The maximum atomic E-state index is 8.70. The Labute approximate surface area is 107 Å². The SMILES string of the molecule is CC1CCN(c2cc(/C(N)=N/O)ccn2)CC1C. The van der Waals surface area contributed by atoms with E-state index in [1.54, 1.807) is 12.3 Å². The highest BCUT2D eigenvalue weighted by atomic mass is 16.4. The Morgan fingerprint density at radius 2 is 2.28 bits per heavy atom. The fraction of sp³-hybridized carbons (Fsp3) is 0.538. The first-order valence-corrected chi connectivity index (χ1v) is 6.30. The summed E-state index contributed by atoms with van der Waals surface area (Å²) in [7, 11) is 0. The molecule has 0 bridgehead atoms. The third-order valence-corrected chi connectivity index (χ3v) is 3.81. The van der Waals surface area contributed by atoms with Crippen molar-refractivity contribution in [2.45, 2.75) is 20.3 Å². The van der Waals surface area contributed by atoms with E-state index in [4.69, 9.17) is 10.9 Å². The average molecular weight is 248 g/mol. The standard InChI is InChI=1S/C13H20N4O/c1-9-4-6-17(8-10(9)2)12-7-11(3-5-15-12)13(14)16-18/h3,5,7,9-10,18H,4,6,8H2,1-2H3,(H2,14,16). The molecule has 1 aliphatic heterocycles. The largest absolute Gasteiger partial charge is 0.409 e. The number of anilines is 1. The molecule has 0 spiro atoms. The highest BCUT2D eigenvalue weighted by molar-refractivity contribution is 5.97. The van der Waals surface area contributed by atoms with Gasteiger partial charge in [-0.1, -0.05) is 19.0 Å². The molecular formula is C13H20N4O. The monoisotopic (exact) mass is 248 g/mol. The van der Waals surface area contributed by atoms with E-state index in [2.05, 4.69) is 28.9 Å². The lowest BCUT2D eigenvalue weighted by atomic mass is 9.89. The lowest BCUT2D eigenvalue weighted by molar-refractivity contribution is 0.318. The van der Waals surface area contributed by atoms with Crippen molar-refractivity contribution in [1.82, 2.24) is 4.98 Å². The fourth-order valence-corrected chi connectivity index (χ4v) is 2.28. The minimum Gasteiger partial charge on any atom is -0.409 e. The molecule has 0 amide bonds. The second kappa shape index (κ2) is 5.25. The summed E-state index contributed by atoms with van der Waals surface area (Å²) < 4.78 is 0. The Morgan fingerprint density at radius 1 is 1.50 bits per heavy atom. The number of hydrogen-bond acceptors (Lipinski definition) is 4. The Hall–Kier alpha value is -1.78. The molecule has 2 unspecified atom stereocenters. The predicted octanol–water partition coefficient (Wildman–Crippen LogP) is 1.66. The highest BCUT2D eigenvalue weighted by Gasteiger charge is 2.23. The molecule has 1 aromatic rings. The van der Waals surface area contributed by atoms with Gasteiger partial charge in [0.05, 0.1) is 0 Å². The summed E-state index contributed by atoms with van der Waals surface area (Å²) in [4.78, 5) is 6.64. The van der Waals surface area contributed by atoms with Crippen LogP contribution >= 0.6 is 0 Å². The van der Waals surface area contributed by atoms with Crippen molar-refractivity contribution in [1.29, 1.82) is 0 Å².